The molecule has 0 spiro atoms. The van der Waals surface area contributed by atoms with Crippen LogP contribution in [0.25, 0.3) is 0 Å². The van der Waals surface area contributed by atoms with Crippen molar-refractivity contribution in [2.75, 3.05) is 19.4 Å². The number of hydrogen-bond acceptors (Lipinski definition) is 2. The van der Waals surface area contributed by atoms with Gasteiger partial charge in [-0.1, -0.05) is 24.3 Å². The normalized spacial score (nSPS) is 13.1. The first-order chi connectivity index (χ1) is 6.62. The molecule has 3 heteroatoms. The average molecular weight is 214 g/mol. The lowest BCUT2D eigenvalue weighted by atomic mass is 10.4. The molecule has 0 aliphatic heterocycles. The van der Waals surface area contributed by atoms with E-state index in [1.54, 1.807) is 0 Å². The van der Waals surface area contributed by atoms with Crippen molar-refractivity contribution in [1.29, 1.82) is 0 Å². The molecule has 0 aromatic rings. The molecule has 14 heavy (non-hydrogen) atoms. The van der Waals surface area contributed by atoms with Gasteiger partial charge in [-0.25, -0.2) is 0 Å². The Morgan fingerprint density at radius 1 is 1.21 bits per heavy atom. The molecule has 0 fully saturated rings. The van der Waals surface area contributed by atoms with E-state index in [-0.39, 0.29) is 0 Å². The maximum atomic E-state index is 5.63. The highest BCUT2D eigenvalue weighted by Crippen LogP contribution is 2.04. The van der Waals surface area contributed by atoms with E-state index >= 15 is 0 Å². The van der Waals surface area contributed by atoms with Crippen molar-refractivity contribution < 1.29 is 9.16 Å². The van der Waals surface area contributed by atoms with Gasteiger partial charge < -0.3 is 9.16 Å². The number of hydrogen-bond donors (Lipinski definition) is 0. The van der Waals surface area contributed by atoms with Crippen LogP contribution in [-0.2, 0) is 9.16 Å². The van der Waals surface area contributed by atoms with Gasteiger partial charge in [0.25, 0.3) is 0 Å². The van der Waals surface area contributed by atoms with Crippen LogP contribution < -0.4 is 0 Å². The van der Waals surface area contributed by atoms with Gasteiger partial charge in [-0.2, -0.15) is 0 Å². The van der Waals surface area contributed by atoms with E-state index in [2.05, 4.69) is 13.1 Å². The van der Waals surface area contributed by atoms with Crippen molar-refractivity contribution in [1.82, 2.24) is 0 Å². The maximum Gasteiger partial charge on any atom is 0.211 e. The van der Waals surface area contributed by atoms with E-state index in [4.69, 9.17) is 9.16 Å². The van der Waals surface area contributed by atoms with E-state index in [9.17, 15) is 0 Å². The van der Waals surface area contributed by atoms with Gasteiger partial charge in [0.1, 0.15) is 0 Å². The molecule has 0 N–H and O–H groups in total. The standard InChI is InChI=1S/C11H22O2Si/c1-5-7-8-9-10-12-11-14(3,4)13-6-2/h5,7-9H,6,10-11H2,1-4H3. The Morgan fingerprint density at radius 2 is 1.93 bits per heavy atom. The monoisotopic (exact) mass is 214 g/mol. The fourth-order valence-electron chi connectivity index (χ4n) is 1.05. The molecule has 0 saturated carbocycles. The number of ether oxygens (including phenoxy) is 1. The van der Waals surface area contributed by atoms with Crippen LogP contribution in [0.5, 0.6) is 0 Å². The zero-order valence-electron chi connectivity index (χ0n) is 9.75. The second-order valence-electron chi connectivity index (χ2n) is 3.66. The number of rotatable bonds is 7. The van der Waals surface area contributed by atoms with Crippen LogP contribution in [0, 0.1) is 0 Å². The highest BCUT2D eigenvalue weighted by Gasteiger charge is 2.21. The van der Waals surface area contributed by atoms with Gasteiger partial charge in [0, 0.05) is 6.61 Å². The van der Waals surface area contributed by atoms with Gasteiger partial charge in [-0.05, 0) is 26.9 Å². The van der Waals surface area contributed by atoms with Crippen LogP contribution in [0.2, 0.25) is 13.1 Å². The summed E-state index contributed by atoms with van der Waals surface area (Å²) in [6, 6.07) is 0. The maximum absolute atomic E-state index is 5.63. The zero-order valence-corrected chi connectivity index (χ0v) is 10.7. The average Bonchev–Trinajstić information content (AvgIpc) is 2.11. The lowest BCUT2D eigenvalue weighted by molar-refractivity contribution is 0.181. The molecule has 0 aliphatic carbocycles. The summed E-state index contributed by atoms with van der Waals surface area (Å²) in [5.41, 5.74) is 0. The fourth-order valence-corrected chi connectivity index (χ4v) is 2.52. The van der Waals surface area contributed by atoms with Crippen molar-refractivity contribution in [3.05, 3.63) is 24.3 Å². The molecular formula is C11H22O2Si. The minimum absolute atomic E-state index is 0.674. The van der Waals surface area contributed by atoms with E-state index in [1.165, 1.54) is 0 Å². The second-order valence-corrected chi connectivity index (χ2v) is 7.76. The predicted molar refractivity (Wildman–Crippen MR) is 63.9 cm³/mol. The second kappa shape index (κ2) is 7.97. The van der Waals surface area contributed by atoms with Crippen LogP contribution >= 0.6 is 0 Å². The third-order valence-electron chi connectivity index (χ3n) is 1.64. The van der Waals surface area contributed by atoms with Crippen molar-refractivity contribution in [3.8, 4) is 0 Å². The van der Waals surface area contributed by atoms with E-state index in [1.807, 2.05) is 38.2 Å². The summed E-state index contributed by atoms with van der Waals surface area (Å²) in [5, 5.41) is 0. The van der Waals surface area contributed by atoms with E-state index < -0.39 is 8.32 Å². The highest BCUT2D eigenvalue weighted by atomic mass is 28.4. The van der Waals surface area contributed by atoms with Crippen molar-refractivity contribution in [2.45, 2.75) is 26.9 Å². The molecule has 0 rings (SSSR count). The Hall–Kier alpha value is -0.383. The molecule has 0 heterocycles. The van der Waals surface area contributed by atoms with Gasteiger partial charge in [-0.15, -0.1) is 0 Å². The first-order valence-corrected chi connectivity index (χ1v) is 8.23. The lowest BCUT2D eigenvalue weighted by Gasteiger charge is -2.21. The summed E-state index contributed by atoms with van der Waals surface area (Å²) in [5.74, 6) is 0. The fraction of sp³-hybridized carbons (Fsp3) is 0.636. The van der Waals surface area contributed by atoms with Crippen LogP contribution in [0.1, 0.15) is 13.8 Å². The Kier molecular flexibility index (Phi) is 7.75. The summed E-state index contributed by atoms with van der Waals surface area (Å²) in [7, 11) is -1.55. The predicted octanol–water partition coefficient (Wildman–Crippen LogP) is 2.92. The Bertz CT molecular complexity index is 186. The molecular weight excluding hydrogens is 192 g/mol. The lowest BCUT2D eigenvalue weighted by Crippen LogP contribution is -2.36. The molecule has 0 amide bonds. The topological polar surface area (TPSA) is 18.5 Å². The van der Waals surface area contributed by atoms with Crippen molar-refractivity contribution >= 4 is 8.32 Å². The smallest absolute Gasteiger partial charge is 0.211 e. The molecule has 0 radical (unpaired) electrons. The first-order valence-electron chi connectivity index (χ1n) is 5.12. The minimum Gasteiger partial charge on any atom is -0.415 e. The van der Waals surface area contributed by atoms with Gasteiger partial charge in [0.15, 0.2) is 0 Å². The molecule has 0 aromatic carbocycles. The molecule has 0 atom stereocenters. The summed E-state index contributed by atoms with van der Waals surface area (Å²) < 4.78 is 11.1. The van der Waals surface area contributed by atoms with Crippen LogP contribution in [0.4, 0.5) is 0 Å². The Morgan fingerprint density at radius 3 is 2.50 bits per heavy atom. The van der Waals surface area contributed by atoms with Gasteiger partial charge in [-0.3, -0.25) is 0 Å². The van der Waals surface area contributed by atoms with Crippen LogP contribution in [0.15, 0.2) is 24.3 Å². The number of allylic oxidation sites excluding steroid dienone is 3. The summed E-state index contributed by atoms with van der Waals surface area (Å²) in [6.45, 7) is 9.83. The molecule has 0 bridgehead atoms. The molecule has 2 nitrogen and oxygen atoms in total. The summed E-state index contributed by atoms with van der Waals surface area (Å²) in [6.07, 6.45) is 8.76. The minimum atomic E-state index is -1.55. The quantitative estimate of drug-likeness (QED) is 0.368. The van der Waals surface area contributed by atoms with E-state index in [0.29, 0.717) is 6.61 Å². The SMILES string of the molecule is CC=CC=CCOC[Si](C)(C)OCC. The van der Waals surface area contributed by atoms with Crippen molar-refractivity contribution in [2.24, 2.45) is 0 Å². The van der Waals surface area contributed by atoms with Crippen molar-refractivity contribution in [3.63, 3.8) is 0 Å². The third-order valence-corrected chi connectivity index (χ3v) is 3.61. The third kappa shape index (κ3) is 8.23. The molecule has 0 aromatic heterocycles. The van der Waals surface area contributed by atoms with Crippen LogP contribution in [-0.4, -0.2) is 27.8 Å². The largest absolute Gasteiger partial charge is 0.415 e. The molecule has 0 unspecified atom stereocenters. The summed E-state index contributed by atoms with van der Waals surface area (Å²) >= 11 is 0. The van der Waals surface area contributed by atoms with Gasteiger partial charge >= 0.3 is 0 Å². The Balaban J connectivity index is 3.52. The first kappa shape index (κ1) is 13.6. The summed E-state index contributed by atoms with van der Waals surface area (Å²) in [4.78, 5) is 0. The zero-order chi connectivity index (χ0) is 10.9. The molecule has 0 saturated heterocycles. The van der Waals surface area contributed by atoms with Gasteiger partial charge in [0.05, 0.1) is 12.8 Å². The Labute approximate surface area is 88.7 Å². The highest BCUT2D eigenvalue weighted by molar-refractivity contribution is 6.71. The van der Waals surface area contributed by atoms with Gasteiger partial charge in [0.2, 0.25) is 8.32 Å². The van der Waals surface area contributed by atoms with E-state index in [0.717, 1.165) is 12.8 Å². The van der Waals surface area contributed by atoms with Crippen LogP contribution in [0.3, 0.4) is 0 Å². The molecule has 0 aliphatic rings. The molecule has 82 valence electrons.